The minimum atomic E-state index is -5.29. The molecule has 0 heterocycles. The van der Waals surface area contributed by atoms with Gasteiger partial charge in [-0.2, -0.15) is 0 Å². The van der Waals surface area contributed by atoms with E-state index in [-0.39, 0.29) is 0 Å². The zero-order valence-corrected chi connectivity index (χ0v) is 13.6. The lowest BCUT2D eigenvalue weighted by molar-refractivity contribution is -0.0382. The van der Waals surface area contributed by atoms with Crippen LogP contribution in [0.2, 0.25) is 0 Å². The van der Waals surface area contributed by atoms with Gasteiger partial charge in [-0.3, -0.25) is 13.6 Å². The Labute approximate surface area is 128 Å². The van der Waals surface area contributed by atoms with Crippen LogP contribution >= 0.6 is 23.5 Å². The van der Waals surface area contributed by atoms with E-state index in [2.05, 4.69) is 13.6 Å². The van der Waals surface area contributed by atoms with Gasteiger partial charge in [0.1, 0.15) is 24.4 Å². The Hall–Kier alpha value is 0.250. The molecule has 0 spiro atoms. The van der Waals surface area contributed by atoms with Gasteiger partial charge in [-0.05, 0) is 0 Å². The molecule has 1 aliphatic rings. The molecule has 0 radical (unpaired) electrons. The van der Waals surface area contributed by atoms with Crippen molar-refractivity contribution in [2.75, 3.05) is 6.61 Å². The average Bonchev–Trinajstić information content (AvgIpc) is 2.48. The van der Waals surface area contributed by atoms with Crippen molar-refractivity contribution in [3.05, 3.63) is 0 Å². The maximum Gasteiger partial charge on any atom is 0.470 e. The van der Waals surface area contributed by atoms with Crippen molar-refractivity contribution in [1.82, 2.24) is 0 Å². The van der Waals surface area contributed by atoms with Crippen LogP contribution in [0.15, 0.2) is 0 Å². The third-order valence-electron chi connectivity index (χ3n) is 2.83. The monoisotopic (exact) mass is 404 g/mol. The summed E-state index contributed by atoms with van der Waals surface area (Å²) in [5, 5.41) is 19.1. The van der Waals surface area contributed by atoms with E-state index in [0.29, 0.717) is 0 Å². The van der Waals surface area contributed by atoms with Gasteiger partial charge in [0.2, 0.25) is 0 Å². The van der Waals surface area contributed by atoms with Crippen molar-refractivity contribution in [3.63, 3.8) is 0 Å². The Balaban J connectivity index is 3.20. The van der Waals surface area contributed by atoms with Crippen molar-refractivity contribution in [1.29, 1.82) is 0 Å². The van der Waals surface area contributed by atoms with Crippen LogP contribution < -0.4 is 0 Å². The summed E-state index contributed by atoms with van der Waals surface area (Å²) in [7, 11) is -15.8. The molecule has 5 atom stereocenters. The van der Waals surface area contributed by atoms with Gasteiger partial charge in [0.25, 0.3) is 0 Å². The fourth-order valence-corrected chi connectivity index (χ4v) is 3.90. The Morgan fingerprint density at radius 2 is 1.04 bits per heavy atom. The lowest BCUT2D eigenvalue weighted by Crippen LogP contribution is -2.35. The second-order valence-electron chi connectivity index (χ2n) is 4.52. The number of aliphatic hydroxyl groups excluding tert-OH is 2. The lowest BCUT2D eigenvalue weighted by atomic mass is 10.1. The molecule has 138 valence electrons. The Bertz CT molecular complexity index is 545. The van der Waals surface area contributed by atoms with Gasteiger partial charge < -0.3 is 39.6 Å². The van der Waals surface area contributed by atoms with E-state index in [1.165, 1.54) is 0 Å². The van der Waals surface area contributed by atoms with Gasteiger partial charge in [-0.15, -0.1) is 0 Å². The van der Waals surface area contributed by atoms with Gasteiger partial charge in [0.05, 0.1) is 6.61 Å². The highest BCUT2D eigenvalue weighted by molar-refractivity contribution is 7.46. The minimum Gasteiger partial charge on any atom is -0.396 e. The van der Waals surface area contributed by atoms with E-state index >= 15 is 0 Å². The quantitative estimate of drug-likeness (QED) is 0.203. The summed E-state index contributed by atoms with van der Waals surface area (Å²) in [6.45, 7) is -1.06. The summed E-state index contributed by atoms with van der Waals surface area (Å²) in [6, 6.07) is 0. The van der Waals surface area contributed by atoms with Crippen LogP contribution in [0.4, 0.5) is 0 Å². The van der Waals surface area contributed by atoms with Crippen molar-refractivity contribution < 1.29 is 66.8 Å². The Morgan fingerprint density at radius 3 is 1.39 bits per heavy atom. The second-order valence-corrected chi connectivity index (χ2v) is 8.09. The number of aliphatic hydroxyl groups is 2. The number of rotatable bonds is 7. The lowest BCUT2D eigenvalue weighted by Gasteiger charge is -2.24. The topological polar surface area (TPSA) is 241 Å². The molecule has 23 heavy (non-hydrogen) atoms. The highest BCUT2D eigenvalue weighted by atomic mass is 31.2. The van der Waals surface area contributed by atoms with Crippen molar-refractivity contribution in [2.24, 2.45) is 5.92 Å². The molecule has 1 rings (SSSR count). The van der Waals surface area contributed by atoms with E-state index in [9.17, 15) is 23.9 Å². The number of phosphoric ester groups is 3. The molecule has 0 aliphatic heterocycles. The molecule has 14 nitrogen and oxygen atoms in total. The SMILES string of the molecule is O=P(O)(O)O[C@@H]1[C@@H](O)[C@H](OP(=O)(O)O)[C@H](CO)[C@H]1OP(=O)(O)O. The minimum absolute atomic E-state index is 1.06. The normalized spacial score (nSPS) is 33.1. The third kappa shape index (κ3) is 6.58. The Morgan fingerprint density at radius 1 is 0.696 bits per heavy atom. The molecule has 0 bridgehead atoms. The molecular weight excluding hydrogens is 389 g/mol. The molecule has 0 unspecified atom stereocenters. The zero-order chi connectivity index (χ0) is 18.2. The van der Waals surface area contributed by atoms with E-state index in [0.717, 1.165) is 0 Å². The molecule has 1 fully saturated rings. The Kier molecular flexibility index (Phi) is 6.70. The first-order valence-electron chi connectivity index (χ1n) is 5.65. The van der Waals surface area contributed by atoms with E-state index in [1.54, 1.807) is 0 Å². The molecule has 0 aromatic heterocycles. The molecule has 0 aromatic carbocycles. The predicted molar refractivity (Wildman–Crippen MR) is 67.3 cm³/mol. The molecule has 0 saturated heterocycles. The van der Waals surface area contributed by atoms with Gasteiger partial charge in [-0.25, -0.2) is 13.7 Å². The molecule has 8 N–H and O–H groups in total. The van der Waals surface area contributed by atoms with Crippen LogP contribution in [-0.2, 0) is 27.3 Å². The molecule has 0 aromatic rings. The summed E-state index contributed by atoms with van der Waals surface area (Å²) < 4.78 is 45.2. The summed E-state index contributed by atoms with van der Waals surface area (Å²) >= 11 is 0. The maximum absolute atomic E-state index is 10.9. The van der Waals surface area contributed by atoms with Crippen LogP contribution in [0.1, 0.15) is 0 Å². The standard InChI is InChI=1S/C6H15O14P3/c7-1-2-4(18-21(9,10)11)3(8)6(20-23(15,16)17)5(2)19-22(12,13)14/h2-8H,1H2,(H2,9,10,11)(H2,12,13,14)(H2,15,16,17)/t2-,3-,4+,5+,6+/m0/s1. The average molecular weight is 404 g/mol. The molecule has 0 amide bonds. The van der Waals surface area contributed by atoms with Crippen LogP contribution in [0.5, 0.6) is 0 Å². The molecule has 1 saturated carbocycles. The fraction of sp³-hybridized carbons (Fsp3) is 1.00. The zero-order valence-electron chi connectivity index (χ0n) is 11.0. The number of hydrogen-bond donors (Lipinski definition) is 8. The number of hydrogen-bond acceptors (Lipinski definition) is 8. The highest BCUT2D eigenvalue weighted by Gasteiger charge is 2.57. The molecule has 1 aliphatic carbocycles. The summed E-state index contributed by atoms with van der Waals surface area (Å²) in [5.41, 5.74) is 0. The van der Waals surface area contributed by atoms with E-state index < -0.39 is 60.4 Å². The smallest absolute Gasteiger partial charge is 0.396 e. The summed E-state index contributed by atoms with van der Waals surface area (Å²) in [5.74, 6) is -1.66. The number of phosphoric acid groups is 3. The first kappa shape index (κ1) is 21.3. The van der Waals surface area contributed by atoms with Gasteiger partial charge in [0.15, 0.2) is 0 Å². The first-order chi connectivity index (χ1) is 10.1. The van der Waals surface area contributed by atoms with Crippen molar-refractivity contribution in [2.45, 2.75) is 24.4 Å². The second kappa shape index (κ2) is 7.24. The molecular formula is C6H15O14P3. The van der Waals surface area contributed by atoms with Crippen LogP contribution in [0.3, 0.4) is 0 Å². The van der Waals surface area contributed by atoms with E-state index in [1.807, 2.05) is 0 Å². The van der Waals surface area contributed by atoms with Crippen LogP contribution in [0.25, 0.3) is 0 Å². The third-order valence-corrected chi connectivity index (χ3v) is 4.38. The van der Waals surface area contributed by atoms with E-state index in [4.69, 9.17) is 29.4 Å². The predicted octanol–water partition coefficient (Wildman–Crippen LogP) is -2.60. The van der Waals surface area contributed by atoms with Crippen molar-refractivity contribution in [3.8, 4) is 0 Å². The van der Waals surface area contributed by atoms with Crippen molar-refractivity contribution >= 4 is 23.5 Å². The van der Waals surface area contributed by atoms with Gasteiger partial charge in [0, 0.05) is 5.92 Å². The fourth-order valence-electron chi connectivity index (χ4n) is 2.15. The summed E-state index contributed by atoms with van der Waals surface area (Å²) in [6.07, 6.45) is -8.32. The van der Waals surface area contributed by atoms with Crippen LogP contribution in [0, 0.1) is 5.92 Å². The molecule has 17 heteroatoms. The van der Waals surface area contributed by atoms with Gasteiger partial charge >= 0.3 is 23.5 Å². The first-order valence-corrected chi connectivity index (χ1v) is 10.2. The summed E-state index contributed by atoms with van der Waals surface area (Å²) in [4.78, 5) is 52.6. The van der Waals surface area contributed by atoms with Crippen LogP contribution in [-0.4, -0.2) is 70.6 Å². The maximum atomic E-state index is 10.9. The largest absolute Gasteiger partial charge is 0.470 e. The van der Waals surface area contributed by atoms with Gasteiger partial charge in [-0.1, -0.05) is 0 Å². The highest BCUT2D eigenvalue weighted by Crippen LogP contribution is 2.52.